The molecule has 0 unspecified atom stereocenters. The molecule has 8 heteroatoms. The number of H-pyrrole nitrogens is 1. The fraction of sp³-hybridized carbons (Fsp3) is 0.211. The average Bonchev–Trinajstić information content (AvgIpc) is 3.29. The van der Waals surface area contributed by atoms with E-state index in [1.54, 1.807) is 12.1 Å². The molecule has 7 nitrogen and oxygen atoms in total. The first-order valence-corrected chi connectivity index (χ1v) is 9.41. The molecule has 0 saturated carbocycles. The van der Waals surface area contributed by atoms with E-state index in [-0.39, 0.29) is 12.3 Å². The van der Waals surface area contributed by atoms with Crippen LogP contribution < -0.4 is 10.6 Å². The molecule has 0 spiro atoms. The van der Waals surface area contributed by atoms with Crippen molar-refractivity contribution >= 4 is 23.7 Å². The van der Waals surface area contributed by atoms with E-state index in [0.717, 1.165) is 17.8 Å². The topological polar surface area (TPSA) is 100 Å². The van der Waals surface area contributed by atoms with Crippen LogP contribution in [0.25, 0.3) is 0 Å². The number of aromatic amines is 1. The Morgan fingerprint density at radius 3 is 2.74 bits per heavy atom. The van der Waals surface area contributed by atoms with Gasteiger partial charge in [0.15, 0.2) is 5.16 Å². The Bertz CT molecular complexity index is 891. The van der Waals surface area contributed by atoms with Gasteiger partial charge in [-0.1, -0.05) is 42.1 Å². The lowest BCUT2D eigenvalue weighted by molar-refractivity contribution is -0.117. The van der Waals surface area contributed by atoms with Crippen LogP contribution >= 0.6 is 11.8 Å². The number of aromatic nitrogens is 2. The highest BCUT2D eigenvalue weighted by Gasteiger charge is 2.12. The van der Waals surface area contributed by atoms with Gasteiger partial charge in [-0.05, 0) is 24.6 Å². The predicted molar refractivity (Wildman–Crippen MR) is 102 cm³/mol. The number of imidazole rings is 1. The highest BCUT2D eigenvalue weighted by Crippen LogP contribution is 2.18. The van der Waals surface area contributed by atoms with E-state index in [1.807, 2.05) is 25.1 Å². The van der Waals surface area contributed by atoms with Crippen LogP contribution in [0, 0.1) is 6.92 Å². The van der Waals surface area contributed by atoms with Gasteiger partial charge in [-0.2, -0.15) is 0 Å². The van der Waals surface area contributed by atoms with Crippen LogP contribution in [-0.2, 0) is 17.8 Å². The maximum absolute atomic E-state index is 11.9. The van der Waals surface area contributed by atoms with Crippen LogP contribution in [0.5, 0.6) is 0 Å². The largest absolute Gasteiger partial charge is 0.467 e. The standard InChI is InChI=1S/C19H20N4O3S/c1-13-16(10-14-6-3-2-4-7-14)22-19(21-13)27-12-17(24)23-18(25)20-11-15-8-5-9-26-15/h2-9H,10-12H2,1H3,(H,21,22)(H2,20,23,24,25). The van der Waals surface area contributed by atoms with E-state index in [4.69, 9.17) is 4.42 Å². The number of hydrogen-bond acceptors (Lipinski definition) is 5. The molecule has 0 aliphatic carbocycles. The summed E-state index contributed by atoms with van der Waals surface area (Å²) in [6.45, 7) is 2.18. The fourth-order valence-corrected chi connectivity index (χ4v) is 3.16. The number of carbonyl (C=O) groups is 2. The molecule has 0 aliphatic heterocycles. The third-order valence-electron chi connectivity index (χ3n) is 3.77. The smallest absolute Gasteiger partial charge is 0.321 e. The summed E-state index contributed by atoms with van der Waals surface area (Å²) < 4.78 is 5.11. The molecule has 0 atom stereocenters. The minimum absolute atomic E-state index is 0.0892. The number of nitrogens with zero attached hydrogens (tertiary/aromatic N) is 1. The molecule has 3 rings (SSSR count). The number of imide groups is 1. The van der Waals surface area contributed by atoms with E-state index in [0.29, 0.717) is 10.9 Å². The summed E-state index contributed by atoms with van der Waals surface area (Å²) in [4.78, 5) is 31.3. The van der Waals surface area contributed by atoms with Gasteiger partial charge in [0.2, 0.25) is 5.91 Å². The Labute approximate surface area is 161 Å². The maximum Gasteiger partial charge on any atom is 0.321 e. The Morgan fingerprint density at radius 1 is 1.19 bits per heavy atom. The zero-order valence-corrected chi connectivity index (χ0v) is 15.6. The second kappa shape index (κ2) is 9.09. The number of rotatable bonds is 7. The van der Waals surface area contributed by atoms with Crippen molar-refractivity contribution in [2.45, 2.75) is 25.0 Å². The lowest BCUT2D eigenvalue weighted by atomic mass is 10.1. The fourth-order valence-electron chi connectivity index (χ4n) is 2.42. The van der Waals surface area contributed by atoms with Crippen molar-refractivity contribution in [2.75, 3.05) is 5.75 Å². The van der Waals surface area contributed by atoms with E-state index in [9.17, 15) is 9.59 Å². The molecule has 0 saturated heterocycles. The average molecular weight is 384 g/mol. The minimum Gasteiger partial charge on any atom is -0.467 e. The summed E-state index contributed by atoms with van der Waals surface area (Å²) >= 11 is 1.25. The van der Waals surface area contributed by atoms with Gasteiger partial charge in [0.05, 0.1) is 24.3 Å². The van der Waals surface area contributed by atoms with Gasteiger partial charge < -0.3 is 14.7 Å². The van der Waals surface area contributed by atoms with Crippen LogP contribution in [0.1, 0.15) is 22.7 Å². The zero-order chi connectivity index (χ0) is 19.1. The second-order valence-electron chi connectivity index (χ2n) is 5.87. The van der Waals surface area contributed by atoms with Crippen molar-refractivity contribution in [3.05, 3.63) is 71.4 Å². The van der Waals surface area contributed by atoms with Crippen LogP contribution in [0.15, 0.2) is 58.3 Å². The number of thioether (sulfide) groups is 1. The van der Waals surface area contributed by atoms with Gasteiger partial charge in [-0.15, -0.1) is 0 Å². The quantitative estimate of drug-likeness (QED) is 0.544. The number of carbonyl (C=O) groups excluding carboxylic acids is 2. The molecule has 2 aromatic heterocycles. The monoisotopic (exact) mass is 384 g/mol. The molecule has 3 amide bonds. The maximum atomic E-state index is 11.9. The lowest BCUT2D eigenvalue weighted by Crippen LogP contribution is -2.39. The Hall–Kier alpha value is -3.00. The van der Waals surface area contributed by atoms with Crippen molar-refractivity contribution in [1.82, 2.24) is 20.6 Å². The Morgan fingerprint density at radius 2 is 2.00 bits per heavy atom. The van der Waals surface area contributed by atoms with Crippen molar-refractivity contribution in [3.8, 4) is 0 Å². The first kappa shape index (κ1) is 18.8. The van der Waals surface area contributed by atoms with Crippen LogP contribution in [0.4, 0.5) is 4.79 Å². The molecule has 140 valence electrons. The Balaban J connectivity index is 1.44. The third-order valence-corrected chi connectivity index (χ3v) is 4.65. The first-order valence-electron chi connectivity index (χ1n) is 8.42. The molecular formula is C19H20N4O3S. The highest BCUT2D eigenvalue weighted by molar-refractivity contribution is 7.99. The highest BCUT2D eigenvalue weighted by atomic mass is 32.2. The first-order chi connectivity index (χ1) is 13.1. The van der Waals surface area contributed by atoms with Crippen LogP contribution in [0.3, 0.4) is 0 Å². The van der Waals surface area contributed by atoms with Gasteiger partial charge >= 0.3 is 6.03 Å². The van der Waals surface area contributed by atoms with Gasteiger partial charge in [0.1, 0.15) is 5.76 Å². The second-order valence-corrected chi connectivity index (χ2v) is 6.84. The van der Waals surface area contributed by atoms with Crippen molar-refractivity contribution in [2.24, 2.45) is 0 Å². The number of nitrogens with one attached hydrogen (secondary N) is 3. The molecule has 0 radical (unpaired) electrons. The number of benzene rings is 1. The van der Waals surface area contributed by atoms with Gasteiger partial charge in [-0.3, -0.25) is 10.1 Å². The SMILES string of the molecule is Cc1[nH]c(SCC(=O)NC(=O)NCc2ccco2)nc1Cc1ccccc1. The summed E-state index contributed by atoms with van der Waals surface area (Å²) in [5.74, 6) is 0.311. The van der Waals surface area contributed by atoms with E-state index in [1.165, 1.54) is 23.6 Å². The molecule has 3 N–H and O–H groups in total. The molecule has 2 heterocycles. The van der Waals surface area contributed by atoms with Crippen LogP contribution in [0.2, 0.25) is 0 Å². The van der Waals surface area contributed by atoms with Crippen LogP contribution in [-0.4, -0.2) is 27.7 Å². The molecule has 1 aromatic carbocycles. The molecule has 3 aromatic rings. The predicted octanol–water partition coefficient (Wildman–Crippen LogP) is 3.02. The van der Waals surface area contributed by atoms with Crippen molar-refractivity contribution in [1.29, 1.82) is 0 Å². The summed E-state index contributed by atoms with van der Waals surface area (Å²) in [5.41, 5.74) is 3.09. The number of amides is 3. The van der Waals surface area contributed by atoms with Gasteiger partial charge in [-0.25, -0.2) is 9.78 Å². The summed E-state index contributed by atoms with van der Waals surface area (Å²) in [5, 5.41) is 5.50. The minimum atomic E-state index is -0.558. The Kier molecular flexibility index (Phi) is 6.32. The van der Waals surface area contributed by atoms with E-state index in [2.05, 4.69) is 32.7 Å². The summed E-state index contributed by atoms with van der Waals surface area (Å²) in [6.07, 6.45) is 2.25. The number of furan rings is 1. The van der Waals surface area contributed by atoms with E-state index >= 15 is 0 Å². The third kappa shape index (κ3) is 5.75. The number of urea groups is 1. The number of hydrogen-bond donors (Lipinski definition) is 3. The molecule has 0 bridgehead atoms. The molecule has 0 fully saturated rings. The normalized spacial score (nSPS) is 10.6. The molecule has 27 heavy (non-hydrogen) atoms. The molecule has 0 aliphatic rings. The summed E-state index contributed by atoms with van der Waals surface area (Å²) in [7, 11) is 0. The molecular weight excluding hydrogens is 364 g/mol. The van der Waals surface area contributed by atoms with Gasteiger partial charge in [0.25, 0.3) is 0 Å². The van der Waals surface area contributed by atoms with Crippen molar-refractivity contribution in [3.63, 3.8) is 0 Å². The summed E-state index contributed by atoms with van der Waals surface area (Å²) in [6, 6.07) is 13.0. The van der Waals surface area contributed by atoms with E-state index < -0.39 is 11.9 Å². The lowest BCUT2D eigenvalue weighted by Gasteiger charge is -2.04. The zero-order valence-electron chi connectivity index (χ0n) is 14.8. The van der Waals surface area contributed by atoms with Crippen molar-refractivity contribution < 1.29 is 14.0 Å². The van der Waals surface area contributed by atoms with Gasteiger partial charge in [0, 0.05) is 12.1 Å². The number of aryl methyl sites for hydroxylation is 1.